The third-order valence-corrected chi connectivity index (χ3v) is 5.46. The van der Waals surface area contributed by atoms with Crippen LogP contribution in [-0.4, -0.2) is 4.98 Å². The molecular weight excluding hydrogens is 314 g/mol. The number of unbranched alkanes of at least 4 members (excludes halogenated alkanes) is 1. The van der Waals surface area contributed by atoms with E-state index in [2.05, 4.69) is 79.7 Å². The van der Waals surface area contributed by atoms with E-state index in [4.69, 9.17) is 4.98 Å². The molecule has 0 unspecified atom stereocenters. The second-order valence-corrected chi connectivity index (χ2v) is 7.06. The average Bonchev–Trinajstić information content (AvgIpc) is 2.71. The van der Waals surface area contributed by atoms with Crippen molar-refractivity contribution in [2.45, 2.75) is 26.2 Å². The summed E-state index contributed by atoms with van der Waals surface area (Å²) < 4.78 is 0. The number of nitrogens with zero attached hydrogens (tertiary/aromatic N) is 1. The Balaban J connectivity index is 2.00. The van der Waals surface area contributed by atoms with E-state index in [1.807, 2.05) is 0 Å². The third kappa shape index (κ3) is 2.28. The molecule has 0 aliphatic heterocycles. The molecule has 0 atom stereocenters. The fourth-order valence-corrected chi connectivity index (χ4v) is 4.12. The molecule has 0 saturated carbocycles. The van der Waals surface area contributed by atoms with E-state index in [-0.39, 0.29) is 0 Å². The first-order chi connectivity index (χ1) is 12.9. The lowest BCUT2D eigenvalue weighted by atomic mass is 9.94. The molecule has 1 aromatic heterocycles. The van der Waals surface area contributed by atoms with E-state index < -0.39 is 0 Å². The van der Waals surface area contributed by atoms with E-state index in [0.29, 0.717) is 0 Å². The van der Waals surface area contributed by atoms with Crippen LogP contribution in [0.25, 0.3) is 43.4 Å². The quantitative estimate of drug-likeness (QED) is 0.254. The Morgan fingerprint density at radius 3 is 1.69 bits per heavy atom. The molecule has 126 valence electrons. The molecule has 0 radical (unpaired) electrons. The predicted molar refractivity (Wildman–Crippen MR) is 113 cm³/mol. The standard InChI is InChI=1S/C25H21N/c1-2-3-10-21-22-15-13-17-8-4-6-11-19(17)24(22)26-25-20-12-7-5-9-18(20)14-16-23(21)25/h4-9,11-16H,2-3,10H2,1H3. The summed E-state index contributed by atoms with van der Waals surface area (Å²) in [5.41, 5.74) is 3.72. The topological polar surface area (TPSA) is 12.9 Å². The molecule has 5 rings (SSSR count). The Morgan fingerprint density at radius 1 is 0.615 bits per heavy atom. The maximum absolute atomic E-state index is 5.20. The summed E-state index contributed by atoms with van der Waals surface area (Å²) in [7, 11) is 0. The highest BCUT2D eigenvalue weighted by Gasteiger charge is 2.13. The van der Waals surface area contributed by atoms with Crippen molar-refractivity contribution in [2.24, 2.45) is 0 Å². The van der Waals surface area contributed by atoms with E-state index in [0.717, 1.165) is 17.5 Å². The van der Waals surface area contributed by atoms with Crippen molar-refractivity contribution >= 4 is 43.4 Å². The summed E-state index contributed by atoms with van der Waals surface area (Å²) in [4.78, 5) is 5.20. The number of aryl methyl sites for hydroxylation is 1. The predicted octanol–water partition coefficient (Wildman–Crippen LogP) is 7.04. The lowest BCUT2D eigenvalue weighted by molar-refractivity contribution is 0.802. The molecule has 5 aromatic rings. The summed E-state index contributed by atoms with van der Waals surface area (Å²) in [5, 5.41) is 7.62. The first-order valence-corrected chi connectivity index (χ1v) is 9.48. The van der Waals surface area contributed by atoms with Crippen LogP contribution in [0.2, 0.25) is 0 Å². The van der Waals surface area contributed by atoms with Crippen molar-refractivity contribution in [1.82, 2.24) is 4.98 Å². The summed E-state index contributed by atoms with van der Waals surface area (Å²) >= 11 is 0. The minimum Gasteiger partial charge on any atom is -0.246 e. The van der Waals surface area contributed by atoms with Gasteiger partial charge in [-0.2, -0.15) is 0 Å². The Kier molecular flexibility index (Phi) is 3.60. The molecule has 0 aliphatic rings. The number of benzene rings is 4. The Labute approximate surface area is 153 Å². The van der Waals surface area contributed by atoms with Gasteiger partial charge in [0.1, 0.15) is 0 Å². The van der Waals surface area contributed by atoms with Gasteiger partial charge >= 0.3 is 0 Å². The van der Waals surface area contributed by atoms with Crippen LogP contribution in [0.1, 0.15) is 25.3 Å². The van der Waals surface area contributed by atoms with Gasteiger partial charge in [-0.15, -0.1) is 0 Å². The van der Waals surface area contributed by atoms with Crippen LogP contribution >= 0.6 is 0 Å². The van der Waals surface area contributed by atoms with E-state index in [1.165, 1.54) is 50.7 Å². The zero-order valence-electron chi connectivity index (χ0n) is 15.0. The van der Waals surface area contributed by atoms with Gasteiger partial charge in [0.15, 0.2) is 0 Å². The molecule has 0 saturated heterocycles. The van der Waals surface area contributed by atoms with Crippen molar-refractivity contribution in [1.29, 1.82) is 0 Å². The van der Waals surface area contributed by atoms with Crippen molar-refractivity contribution in [3.63, 3.8) is 0 Å². The van der Waals surface area contributed by atoms with Gasteiger partial charge in [0.25, 0.3) is 0 Å². The van der Waals surface area contributed by atoms with Crippen LogP contribution in [0.4, 0.5) is 0 Å². The molecule has 26 heavy (non-hydrogen) atoms. The van der Waals surface area contributed by atoms with Crippen LogP contribution in [0, 0.1) is 0 Å². The summed E-state index contributed by atoms with van der Waals surface area (Å²) in [6.07, 6.45) is 3.50. The van der Waals surface area contributed by atoms with Crippen molar-refractivity contribution in [3.05, 3.63) is 78.4 Å². The van der Waals surface area contributed by atoms with Gasteiger partial charge in [-0.05, 0) is 29.2 Å². The maximum Gasteiger partial charge on any atom is 0.0791 e. The molecule has 0 bridgehead atoms. The SMILES string of the molecule is CCCCc1c2ccc3ccccc3c2nc2c1ccc1ccccc12. The van der Waals surface area contributed by atoms with Crippen LogP contribution in [-0.2, 0) is 6.42 Å². The first kappa shape index (κ1) is 15.3. The Bertz CT molecular complexity index is 1170. The monoisotopic (exact) mass is 335 g/mol. The third-order valence-electron chi connectivity index (χ3n) is 5.46. The van der Waals surface area contributed by atoms with Gasteiger partial charge in [0.2, 0.25) is 0 Å². The van der Waals surface area contributed by atoms with Crippen molar-refractivity contribution < 1.29 is 0 Å². The first-order valence-electron chi connectivity index (χ1n) is 9.48. The van der Waals surface area contributed by atoms with Crippen molar-refractivity contribution in [2.75, 3.05) is 0 Å². The fourth-order valence-electron chi connectivity index (χ4n) is 4.12. The molecule has 0 fully saturated rings. The molecule has 0 N–H and O–H groups in total. The lowest BCUT2D eigenvalue weighted by Gasteiger charge is -2.14. The second-order valence-electron chi connectivity index (χ2n) is 7.06. The number of pyridine rings is 1. The molecule has 0 amide bonds. The average molecular weight is 335 g/mol. The highest BCUT2D eigenvalue weighted by atomic mass is 14.7. The molecule has 0 spiro atoms. The van der Waals surface area contributed by atoms with Gasteiger partial charge in [0.05, 0.1) is 11.0 Å². The molecular formula is C25H21N. The van der Waals surface area contributed by atoms with E-state index in [9.17, 15) is 0 Å². The van der Waals surface area contributed by atoms with Gasteiger partial charge in [-0.3, -0.25) is 0 Å². The van der Waals surface area contributed by atoms with Crippen LogP contribution in [0.3, 0.4) is 0 Å². The number of hydrogen-bond acceptors (Lipinski definition) is 1. The highest BCUT2D eigenvalue weighted by molar-refractivity contribution is 6.15. The van der Waals surface area contributed by atoms with Crippen LogP contribution in [0.15, 0.2) is 72.8 Å². The summed E-state index contributed by atoms with van der Waals surface area (Å²) in [5.74, 6) is 0. The zero-order chi connectivity index (χ0) is 17.5. The Morgan fingerprint density at radius 2 is 1.15 bits per heavy atom. The summed E-state index contributed by atoms with van der Waals surface area (Å²) in [6.45, 7) is 2.26. The van der Waals surface area contributed by atoms with Gasteiger partial charge in [0, 0.05) is 21.5 Å². The van der Waals surface area contributed by atoms with Gasteiger partial charge in [-0.1, -0.05) is 86.1 Å². The zero-order valence-corrected chi connectivity index (χ0v) is 15.0. The highest BCUT2D eigenvalue weighted by Crippen LogP contribution is 2.34. The van der Waals surface area contributed by atoms with Crippen LogP contribution in [0.5, 0.6) is 0 Å². The maximum atomic E-state index is 5.20. The second kappa shape index (κ2) is 6.10. The fraction of sp³-hybridized carbons (Fsp3) is 0.160. The van der Waals surface area contributed by atoms with Gasteiger partial charge in [-0.25, -0.2) is 4.98 Å². The number of rotatable bonds is 3. The van der Waals surface area contributed by atoms with E-state index >= 15 is 0 Å². The molecule has 4 aromatic carbocycles. The molecule has 1 nitrogen and oxygen atoms in total. The summed E-state index contributed by atoms with van der Waals surface area (Å²) in [6, 6.07) is 26.2. The van der Waals surface area contributed by atoms with Crippen LogP contribution < -0.4 is 0 Å². The van der Waals surface area contributed by atoms with Crippen molar-refractivity contribution in [3.8, 4) is 0 Å². The smallest absolute Gasteiger partial charge is 0.0791 e. The normalized spacial score (nSPS) is 11.7. The Hall–Kier alpha value is -2.93. The van der Waals surface area contributed by atoms with Gasteiger partial charge < -0.3 is 0 Å². The number of hydrogen-bond donors (Lipinski definition) is 0. The molecule has 0 aliphatic carbocycles. The minimum atomic E-state index is 1.10. The minimum absolute atomic E-state index is 1.10. The largest absolute Gasteiger partial charge is 0.246 e. The lowest BCUT2D eigenvalue weighted by Crippen LogP contribution is -1.95. The number of fused-ring (bicyclic) bond motifs is 6. The molecule has 1 heteroatoms. The number of aromatic nitrogens is 1. The molecule has 1 heterocycles. The van der Waals surface area contributed by atoms with E-state index in [1.54, 1.807) is 0 Å².